The molecule has 2 heterocycles. The normalized spacial score (nSPS) is 20.7. The Kier molecular flexibility index (Phi) is 2.58. The smallest absolute Gasteiger partial charge is 0.111 e. The average molecular weight is 236 g/mol. The summed E-state index contributed by atoms with van der Waals surface area (Å²) in [5.74, 6) is 0. The summed E-state index contributed by atoms with van der Waals surface area (Å²) in [6.45, 7) is 1.14. The second-order valence-electron chi connectivity index (χ2n) is 4.34. The summed E-state index contributed by atoms with van der Waals surface area (Å²) in [5, 5.41) is 12.8. The number of hydrogen-bond acceptors (Lipinski definition) is 2. The first-order valence-electron chi connectivity index (χ1n) is 5.69. The van der Waals surface area contributed by atoms with Gasteiger partial charge in [0, 0.05) is 23.5 Å². The highest BCUT2D eigenvalue weighted by Crippen LogP contribution is 2.25. The lowest BCUT2D eigenvalue weighted by atomic mass is 10.1. The fourth-order valence-electron chi connectivity index (χ4n) is 2.39. The van der Waals surface area contributed by atoms with Gasteiger partial charge in [-0.05, 0) is 25.5 Å². The first-order chi connectivity index (χ1) is 7.84. The van der Waals surface area contributed by atoms with Gasteiger partial charge in [0.1, 0.15) is 5.52 Å². The number of benzene rings is 1. The second-order valence-corrected chi connectivity index (χ2v) is 4.74. The first-order valence-corrected chi connectivity index (χ1v) is 6.07. The average Bonchev–Trinajstić information content (AvgIpc) is 2.90. The molecule has 1 aliphatic rings. The van der Waals surface area contributed by atoms with E-state index >= 15 is 0 Å². The Morgan fingerprint density at radius 3 is 3.19 bits per heavy atom. The molecule has 0 amide bonds. The summed E-state index contributed by atoms with van der Waals surface area (Å²) in [5.41, 5.74) is 2.08. The topological polar surface area (TPSA) is 40.7 Å². The number of hydrogen-bond donors (Lipinski definition) is 2. The minimum atomic E-state index is 0.586. The van der Waals surface area contributed by atoms with Crippen LogP contribution >= 0.6 is 11.6 Å². The highest BCUT2D eigenvalue weighted by Gasteiger charge is 2.17. The van der Waals surface area contributed by atoms with E-state index in [1.165, 1.54) is 18.5 Å². The van der Waals surface area contributed by atoms with Crippen LogP contribution in [0.1, 0.15) is 18.5 Å². The van der Waals surface area contributed by atoms with Crippen LogP contribution in [0, 0.1) is 0 Å². The van der Waals surface area contributed by atoms with E-state index in [4.69, 9.17) is 11.6 Å². The molecule has 2 aromatic rings. The summed E-state index contributed by atoms with van der Waals surface area (Å²) in [6.07, 6.45) is 3.54. The zero-order valence-electron chi connectivity index (χ0n) is 8.96. The first kappa shape index (κ1) is 10.1. The van der Waals surface area contributed by atoms with Gasteiger partial charge < -0.3 is 5.32 Å². The van der Waals surface area contributed by atoms with Gasteiger partial charge in [0.05, 0.1) is 5.02 Å². The van der Waals surface area contributed by atoms with Gasteiger partial charge in [-0.15, -0.1) is 0 Å². The SMILES string of the molecule is Clc1cccc2c(CC3CCCN3)[nH]nc12. The van der Waals surface area contributed by atoms with Crippen LogP contribution in [0.4, 0.5) is 0 Å². The molecule has 0 bridgehead atoms. The van der Waals surface area contributed by atoms with Crippen molar-refractivity contribution in [1.82, 2.24) is 15.5 Å². The Morgan fingerprint density at radius 2 is 2.38 bits per heavy atom. The van der Waals surface area contributed by atoms with E-state index in [1.807, 2.05) is 12.1 Å². The standard InChI is InChI=1S/C12H14ClN3/c13-10-5-1-4-9-11(15-16-12(9)10)7-8-3-2-6-14-8/h1,4-5,8,14H,2-3,6-7H2,(H,15,16). The van der Waals surface area contributed by atoms with Gasteiger partial charge in [-0.3, -0.25) is 5.10 Å². The van der Waals surface area contributed by atoms with Crippen molar-refractivity contribution in [1.29, 1.82) is 0 Å². The third-order valence-electron chi connectivity index (χ3n) is 3.23. The lowest BCUT2D eigenvalue weighted by Gasteiger charge is -2.07. The van der Waals surface area contributed by atoms with E-state index in [0.29, 0.717) is 6.04 Å². The lowest BCUT2D eigenvalue weighted by Crippen LogP contribution is -2.23. The van der Waals surface area contributed by atoms with Crippen molar-refractivity contribution in [3.63, 3.8) is 0 Å². The molecule has 2 N–H and O–H groups in total. The molecule has 16 heavy (non-hydrogen) atoms. The maximum Gasteiger partial charge on any atom is 0.111 e. The van der Waals surface area contributed by atoms with E-state index in [9.17, 15) is 0 Å². The molecule has 3 nitrogen and oxygen atoms in total. The third-order valence-corrected chi connectivity index (χ3v) is 3.53. The number of nitrogens with zero attached hydrogens (tertiary/aromatic N) is 1. The summed E-state index contributed by atoms with van der Waals surface area (Å²) < 4.78 is 0. The Balaban J connectivity index is 1.94. The summed E-state index contributed by atoms with van der Waals surface area (Å²) in [4.78, 5) is 0. The Bertz CT molecular complexity index is 500. The maximum absolute atomic E-state index is 6.09. The van der Waals surface area contributed by atoms with Crippen molar-refractivity contribution < 1.29 is 0 Å². The Labute approximate surface area is 99.2 Å². The molecule has 1 aliphatic heterocycles. The Morgan fingerprint density at radius 1 is 1.44 bits per heavy atom. The van der Waals surface area contributed by atoms with Gasteiger partial charge >= 0.3 is 0 Å². The van der Waals surface area contributed by atoms with E-state index in [1.54, 1.807) is 0 Å². The number of aromatic nitrogens is 2. The van der Waals surface area contributed by atoms with Crippen molar-refractivity contribution in [2.45, 2.75) is 25.3 Å². The van der Waals surface area contributed by atoms with Crippen molar-refractivity contribution in [2.24, 2.45) is 0 Å². The number of halogens is 1. The largest absolute Gasteiger partial charge is 0.314 e. The predicted octanol–water partition coefficient (Wildman–Crippen LogP) is 2.51. The minimum absolute atomic E-state index is 0.586. The van der Waals surface area contributed by atoms with Gasteiger partial charge in [-0.1, -0.05) is 23.7 Å². The van der Waals surface area contributed by atoms with Crippen molar-refractivity contribution in [3.8, 4) is 0 Å². The number of rotatable bonds is 2. The number of para-hydroxylation sites is 1. The zero-order valence-corrected chi connectivity index (χ0v) is 9.72. The minimum Gasteiger partial charge on any atom is -0.314 e. The van der Waals surface area contributed by atoms with E-state index in [-0.39, 0.29) is 0 Å². The molecule has 1 fully saturated rings. The quantitative estimate of drug-likeness (QED) is 0.840. The molecule has 0 spiro atoms. The number of nitrogens with one attached hydrogen (secondary N) is 2. The highest BCUT2D eigenvalue weighted by molar-refractivity contribution is 6.35. The molecule has 1 atom stereocenters. The van der Waals surface area contributed by atoms with Crippen LogP contribution in [-0.4, -0.2) is 22.8 Å². The molecule has 3 rings (SSSR count). The summed E-state index contributed by atoms with van der Waals surface area (Å²) >= 11 is 6.09. The van der Waals surface area contributed by atoms with Gasteiger partial charge in [0.2, 0.25) is 0 Å². The van der Waals surface area contributed by atoms with Crippen LogP contribution in [-0.2, 0) is 6.42 Å². The lowest BCUT2D eigenvalue weighted by molar-refractivity contribution is 0.596. The van der Waals surface area contributed by atoms with E-state index < -0.39 is 0 Å². The van der Waals surface area contributed by atoms with Crippen LogP contribution < -0.4 is 5.32 Å². The predicted molar refractivity (Wildman–Crippen MR) is 65.8 cm³/mol. The molecule has 0 saturated carbocycles. The van der Waals surface area contributed by atoms with Crippen LogP contribution in [0.15, 0.2) is 18.2 Å². The summed E-state index contributed by atoms with van der Waals surface area (Å²) in [6, 6.07) is 6.52. The molecule has 0 radical (unpaired) electrons. The van der Waals surface area contributed by atoms with E-state index in [0.717, 1.165) is 28.9 Å². The fraction of sp³-hybridized carbons (Fsp3) is 0.417. The van der Waals surface area contributed by atoms with Crippen LogP contribution in [0.3, 0.4) is 0 Å². The zero-order chi connectivity index (χ0) is 11.0. The highest BCUT2D eigenvalue weighted by atomic mass is 35.5. The molecule has 1 unspecified atom stereocenters. The molecule has 0 aliphatic carbocycles. The van der Waals surface area contributed by atoms with Crippen molar-refractivity contribution in [2.75, 3.05) is 6.54 Å². The van der Waals surface area contributed by atoms with Crippen molar-refractivity contribution >= 4 is 22.5 Å². The maximum atomic E-state index is 6.09. The van der Waals surface area contributed by atoms with Gasteiger partial charge in [0.15, 0.2) is 0 Å². The van der Waals surface area contributed by atoms with E-state index in [2.05, 4.69) is 21.6 Å². The van der Waals surface area contributed by atoms with Crippen LogP contribution in [0.25, 0.3) is 10.9 Å². The molecule has 1 aromatic carbocycles. The van der Waals surface area contributed by atoms with Crippen LogP contribution in [0.2, 0.25) is 5.02 Å². The Hall–Kier alpha value is -1.06. The molecule has 1 aromatic heterocycles. The molecular weight excluding hydrogens is 222 g/mol. The van der Waals surface area contributed by atoms with Gasteiger partial charge in [-0.2, -0.15) is 5.10 Å². The molecule has 1 saturated heterocycles. The molecule has 84 valence electrons. The fourth-order valence-corrected chi connectivity index (χ4v) is 2.61. The summed E-state index contributed by atoms with van der Waals surface area (Å²) in [7, 11) is 0. The van der Waals surface area contributed by atoms with Crippen molar-refractivity contribution in [3.05, 3.63) is 28.9 Å². The second kappa shape index (κ2) is 4.07. The molecular formula is C12H14ClN3. The van der Waals surface area contributed by atoms with Gasteiger partial charge in [0.25, 0.3) is 0 Å². The number of H-pyrrole nitrogens is 1. The molecule has 4 heteroatoms. The van der Waals surface area contributed by atoms with Gasteiger partial charge in [-0.25, -0.2) is 0 Å². The monoisotopic (exact) mass is 235 g/mol. The number of aromatic amines is 1. The van der Waals surface area contributed by atoms with Crippen LogP contribution in [0.5, 0.6) is 0 Å². The third kappa shape index (κ3) is 1.70. The number of fused-ring (bicyclic) bond motifs is 1.